The van der Waals surface area contributed by atoms with Gasteiger partial charge in [-0.1, -0.05) is 28.8 Å². The Kier molecular flexibility index (Phi) is 5.26. The second kappa shape index (κ2) is 7.20. The van der Waals surface area contributed by atoms with Crippen LogP contribution in [0.2, 0.25) is 0 Å². The van der Waals surface area contributed by atoms with E-state index in [1.807, 2.05) is 12.1 Å². The fraction of sp³-hybridized carbons (Fsp3) is 0.647. The van der Waals surface area contributed by atoms with Crippen molar-refractivity contribution < 1.29 is 9.84 Å². The van der Waals surface area contributed by atoms with Gasteiger partial charge in [-0.2, -0.15) is 0 Å². The van der Waals surface area contributed by atoms with Gasteiger partial charge in [0.15, 0.2) is 11.5 Å². The Balaban J connectivity index is 2.01. The van der Waals surface area contributed by atoms with Gasteiger partial charge < -0.3 is 15.2 Å². The Morgan fingerprint density at radius 1 is 1.27 bits per heavy atom. The smallest absolute Gasteiger partial charge is 0.163 e. The summed E-state index contributed by atoms with van der Waals surface area (Å²) in [5, 5.41) is 14.2. The maximum absolute atomic E-state index is 10.7. The number of hydrogen-bond donors (Lipinski definition) is 2. The molecular formula is C17H25BrN2O2. The quantitative estimate of drug-likeness (QED) is 0.855. The summed E-state index contributed by atoms with van der Waals surface area (Å²) in [6, 6.07) is 4.10. The zero-order chi connectivity index (χ0) is 15.5. The van der Waals surface area contributed by atoms with Crippen molar-refractivity contribution in [1.29, 1.82) is 0 Å². The van der Waals surface area contributed by atoms with E-state index in [9.17, 15) is 5.11 Å². The van der Waals surface area contributed by atoms with Crippen molar-refractivity contribution in [1.82, 2.24) is 10.2 Å². The molecule has 1 atom stereocenters. The predicted molar refractivity (Wildman–Crippen MR) is 91.5 cm³/mol. The lowest BCUT2D eigenvalue weighted by atomic mass is 9.89. The van der Waals surface area contributed by atoms with Crippen LogP contribution in [0.3, 0.4) is 0 Å². The summed E-state index contributed by atoms with van der Waals surface area (Å²) in [5.74, 6) is 1.48. The predicted octanol–water partition coefficient (Wildman–Crippen LogP) is 3.30. The first kappa shape index (κ1) is 16.1. The van der Waals surface area contributed by atoms with Crippen LogP contribution in [0.1, 0.15) is 37.3 Å². The van der Waals surface area contributed by atoms with Gasteiger partial charge in [-0.3, -0.25) is 4.90 Å². The summed E-state index contributed by atoms with van der Waals surface area (Å²) >= 11 is 3.67. The van der Waals surface area contributed by atoms with Crippen LogP contribution in [0.5, 0.6) is 11.5 Å². The fourth-order valence-electron chi connectivity index (χ4n) is 3.96. The maximum atomic E-state index is 10.7. The highest BCUT2D eigenvalue weighted by Gasteiger charge is 2.35. The Bertz CT molecular complexity index is 512. The number of hydrogen-bond acceptors (Lipinski definition) is 4. The largest absolute Gasteiger partial charge is 0.504 e. The van der Waals surface area contributed by atoms with Crippen LogP contribution in [-0.4, -0.2) is 43.3 Å². The highest BCUT2D eigenvalue weighted by Crippen LogP contribution is 2.47. The Hall–Kier alpha value is -0.780. The van der Waals surface area contributed by atoms with Crippen LogP contribution in [0.25, 0.3) is 0 Å². The van der Waals surface area contributed by atoms with Crippen LogP contribution in [0, 0.1) is 5.92 Å². The normalized spacial score (nSPS) is 21.9. The number of phenolic OH excluding ortho intramolecular Hbond substituents is 1. The lowest BCUT2D eigenvalue weighted by Crippen LogP contribution is -2.46. The number of piperazine rings is 1. The topological polar surface area (TPSA) is 44.7 Å². The zero-order valence-corrected chi connectivity index (χ0v) is 14.7. The molecule has 0 bridgehead atoms. The van der Waals surface area contributed by atoms with Crippen LogP contribution in [0.15, 0.2) is 16.6 Å². The van der Waals surface area contributed by atoms with Gasteiger partial charge in [0.25, 0.3) is 0 Å². The SMILES string of the molecule is COc1ccc(Br)c([C@@H](C2CCCC2)N2CCNCC2)c1O. The Morgan fingerprint density at radius 3 is 2.59 bits per heavy atom. The van der Waals surface area contributed by atoms with Crippen molar-refractivity contribution in [3.05, 3.63) is 22.2 Å². The molecule has 0 unspecified atom stereocenters. The molecule has 1 saturated heterocycles. The summed E-state index contributed by atoms with van der Waals surface area (Å²) < 4.78 is 6.33. The van der Waals surface area contributed by atoms with E-state index in [1.54, 1.807) is 7.11 Å². The number of benzene rings is 1. The van der Waals surface area contributed by atoms with E-state index < -0.39 is 0 Å². The molecule has 1 saturated carbocycles. The second-order valence-corrected chi connectivity index (χ2v) is 7.14. The molecule has 0 radical (unpaired) electrons. The fourth-order valence-corrected chi connectivity index (χ4v) is 4.51. The van der Waals surface area contributed by atoms with Crippen molar-refractivity contribution in [3.8, 4) is 11.5 Å². The number of phenols is 1. The third-order valence-electron chi connectivity index (χ3n) is 5.03. The Labute approximate surface area is 141 Å². The molecule has 1 aliphatic carbocycles. The van der Waals surface area contributed by atoms with Gasteiger partial charge in [0.2, 0.25) is 0 Å². The highest BCUT2D eigenvalue weighted by molar-refractivity contribution is 9.10. The lowest BCUT2D eigenvalue weighted by Gasteiger charge is -2.39. The minimum atomic E-state index is 0.272. The molecule has 122 valence electrons. The number of halogens is 1. The molecule has 1 aromatic rings. The molecule has 22 heavy (non-hydrogen) atoms. The second-order valence-electron chi connectivity index (χ2n) is 6.29. The lowest BCUT2D eigenvalue weighted by molar-refractivity contribution is 0.122. The Morgan fingerprint density at radius 2 is 1.95 bits per heavy atom. The first-order valence-corrected chi connectivity index (χ1v) is 9.01. The van der Waals surface area contributed by atoms with E-state index in [2.05, 4.69) is 26.1 Å². The average Bonchev–Trinajstić information content (AvgIpc) is 3.06. The zero-order valence-electron chi connectivity index (χ0n) is 13.1. The molecule has 0 amide bonds. The molecule has 4 nitrogen and oxygen atoms in total. The summed E-state index contributed by atoms with van der Waals surface area (Å²) in [5.41, 5.74) is 1.01. The van der Waals surface area contributed by atoms with Crippen LogP contribution < -0.4 is 10.1 Å². The van der Waals surface area contributed by atoms with Gasteiger partial charge >= 0.3 is 0 Å². The van der Waals surface area contributed by atoms with Crippen LogP contribution >= 0.6 is 15.9 Å². The van der Waals surface area contributed by atoms with Gasteiger partial charge in [-0.15, -0.1) is 0 Å². The third kappa shape index (κ3) is 3.12. The number of rotatable bonds is 4. The first-order valence-electron chi connectivity index (χ1n) is 8.22. The van der Waals surface area contributed by atoms with E-state index in [0.717, 1.165) is 36.2 Å². The molecule has 1 heterocycles. The molecule has 1 aromatic carbocycles. The van der Waals surface area contributed by atoms with Crippen molar-refractivity contribution >= 4 is 15.9 Å². The molecule has 2 aliphatic rings. The van der Waals surface area contributed by atoms with Gasteiger partial charge in [0.05, 0.1) is 7.11 Å². The molecule has 0 aromatic heterocycles. The van der Waals surface area contributed by atoms with Gasteiger partial charge in [0.1, 0.15) is 0 Å². The maximum Gasteiger partial charge on any atom is 0.163 e. The number of nitrogens with one attached hydrogen (secondary N) is 1. The standard InChI is InChI=1S/C17H25BrN2O2/c1-22-14-7-6-13(18)15(17(14)21)16(12-4-2-3-5-12)20-10-8-19-9-11-20/h6-7,12,16,19,21H,2-5,8-11H2,1H3/t16-/m1/s1. The highest BCUT2D eigenvalue weighted by atomic mass is 79.9. The van der Waals surface area contributed by atoms with Crippen molar-refractivity contribution in [2.45, 2.75) is 31.7 Å². The van der Waals surface area contributed by atoms with E-state index in [-0.39, 0.29) is 6.04 Å². The van der Waals surface area contributed by atoms with E-state index >= 15 is 0 Å². The number of nitrogens with zero attached hydrogens (tertiary/aromatic N) is 1. The van der Waals surface area contributed by atoms with Crippen molar-refractivity contribution in [2.24, 2.45) is 5.92 Å². The van der Waals surface area contributed by atoms with Crippen LogP contribution in [-0.2, 0) is 0 Å². The summed E-state index contributed by atoms with van der Waals surface area (Å²) in [4.78, 5) is 2.53. The minimum absolute atomic E-state index is 0.272. The average molecular weight is 369 g/mol. The summed E-state index contributed by atoms with van der Waals surface area (Å²) in [7, 11) is 1.61. The first-order chi connectivity index (χ1) is 10.7. The van der Waals surface area contributed by atoms with E-state index in [4.69, 9.17) is 4.74 Å². The number of ether oxygens (including phenoxy) is 1. The molecule has 1 aliphatic heterocycles. The van der Waals surface area contributed by atoms with Crippen molar-refractivity contribution in [2.75, 3.05) is 33.3 Å². The molecular weight excluding hydrogens is 344 g/mol. The molecule has 2 fully saturated rings. The van der Waals surface area contributed by atoms with Crippen LogP contribution in [0.4, 0.5) is 0 Å². The molecule has 0 spiro atoms. The van der Waals surface area contributed by atoms with Gasteiger partial charge in [-0.25, -0.2) is 0 Å². The van der Waals surface area contributed by atoms with Gasteiger partial charge in [0, 0.05) is 42.3 Å². The molecule has 2 N–H and O–H groups in total. The number of methoxy groups -OCH3 is 1. The number of aromatic hydroxyl groups is 1. The summed E-state index contributed by atoms with van der Waals surface area (Å²) in [6.07, 6.45) is 5.10. The van der Waals surface area contributed by atoms with E-state index in [1.165, 1.54) is 25.7 Å². The van der Waals surface area contributed by atoms with Gasteiger partial charge in [-0.05, 0) is 30.9 Å². The van der Waals surface area contributed by atoms with E-state index in [0.29, 0.717) is 17.4 Å². The minimum Gasteiger partial charge on any atom is -0.504 e. The summed E-state index contributed by atoms with van der Waals surface area (Å²) in [6.45, 7) is 4.10. The molecule has 5 heteroatoms. The monoisotopic (exact) mass is 368 g/mol. The third-order valence-corrected chi connectivity index (χ3v) is 5.73. The van der Waals surface area contributed by atoms with Crippen molar-refractivity contribution in [3.63, 3.8) is 0 Å². The molecule has 3 rings (SSSR count).